The van der Waals surface area contributed by atoms with Gasteiger partial charge in [-0.05, 0) is 67.8 Å². The minimum Gasteiger partial charge on any atom is -0.494 e. The molecule has 0 aliphatic carbocycles. The average Bonchev–Trinajstić information content (AvgIpc) is 3.24. The zero-order valence-corrected chi connectivity index (χ0v) is 19.2. The van der Waals surface area contributed by atoms with Crippen LogP contribution in [0.5, 0.6) is 5.75 Å². The van der Waals surface area contributed by atoms with Gasteiger partial charge in [0.1, 0.15) is 5.75 Å². The maximum Gasteiger partial charge on any atom is 0.224 e. The van der Waals surface area contributed by atoms with Gasteiger partial charge in [-0.3, -0.25) is 4.79 Å². The minimum absolute atomic E-state index is 0.00869. The number of ether oxygens (including phenoxy) is 1. The van der Waals surface area contributed by atoms with Gasteiger partial charge in [-0.25, -0.2) is 4.98 Å². The van der Waals surface area contributed by atoms with Crippen LogP contribution < -0.4 is 10.1 Å². The van der Waals surface area contributed by atoms with Gasteiger partial charge < -0.3 is 15.0 Å². The van der Waals surface area contributed by atoms with Gasteiger partial charge in [-0.15, -0.1) is 0 Å². The zero-order chi connectivity index (χ0) is 23.3. The predicted octanol–water partition coefficient (Wildman–Crippen LogP) is 6.74. The number of hydrogen-bond acceptors (Lipinski definition) is 3. The molecule has 0 bridgehead atoms. The van der Waals surface area contributed by atoms with Gasteiger partial charge in [-0.1, -0.05) is 42.5 Å². The molecule has 2 aromatic heterocycles. The van der Waals surface area contributed by atoms with E-state index in [-0.39, 0.29) is 5.91 Å². The standard InChI is InChI=1S/C29H27N3O2/c1-2-34-22-17-15-21(16-18-22)30-28(33)13-7-10-24-23-9-4-6-12-26(23)32-29(24)27-19-14-20-8-3-5-11-25(20)31-27/h3-6,8-9,11-12,14-19,32H,2,7,10,13H2,1H3,(H,30,33). The molecule has 5 heteroatoms. The number of H-pyrrole nitrogens is 1. The number of fused-ring (bicyclic) bond motifs is 2. The lowest BCUT2D eigenvalue weighted by Gasteiger charge is -2.08. The minimum atomic E-state index is 0.00869. The van der Waals surface area contributed by atoms with Crippen molar-refractivity contribution in [3.8, 4) is 17.1 Å². The summed E-state index contributed by atoms with van der Waals surface area (Å²) in [6.45, 7) is 2.57. The van der Waals surface area contributed by atoms with Crippen LogP contribution in [0, 0.1) is 0 Å². The molecule has 1 amide bonds. The van der Waals surface area contributed by atoms with Crippen LogP contribution in [-0.4, -0.2) is 22.5 Å². The van der Waals surface area contributed by atoms with Crippen molar-refractivity contribution in [2.24, 2.45) is 0 Å². The molecule has 5 rings (SSSR count). The molecule has 2 heterocycles. The molecule has 3 aromatic carbocycles. The number of nitrogens with zero attached hydrogens (tertiary/aromatic N) is 1. The number of anilines is 1. The topological polar surface area (TPSA) is 67.0 Å². The molecule has 2 N–H and O–H groups in total. The number of hydrogen-bond donors (Lipinski definition) is 2. The first kappa shape index (κ1) is 21.7. The molecule has 5 nitrogen and oxygen atoms in total. The number of benzene rings is 3. The fourth-order valence-corrected chi connectivity index (χ4v) is 4.33. The summed E-state index contributed by atoms with van der Waals surface area (Å²) < 4.78 is 5.46. The lowest BCUT2D eigenvalue weighted by atomic mass is 10.0. The SMILES string of the molecule is CCOc1ccc(NC(=O)CCCc2c(-c3ccc4ccccc4n3)[nH]c3ccccc23)cc1. The quantitative estimate of drug-likeness (QED) is 0.276. The average molecular weight is 450 g/mol. The molecule has 0 saturated carbocycles. The van der Waals surface area contributed by atoms with Crippen LogP contribution in [0.2, 0.25) is 0 Å². The third-order valence-corrected chi connectivity index (χ3v) is 5.95. The Morgan fingerprint density at radius 3 is 2.59 bits per heavy atom. The number of aryl methyl sites for hydroxylation is 1. The highest BCUT2D eigenvalue weighted by molar-refractivity contribution is 5.92. The Kier molecular flexibility index (Phi) is 6.25. The van der Waals surface area contributed by atoms with Crippen molar-refractivity contribution in [3.05, 3.63) is 90.5 Å². The first-order valence-corrected chi connectivity index (χ1v) is 11.7. The van der Waals surface area contributed by atoms with E-state index in [1.807, 2.05) is 55.5 Å². The Hall–Kier alpha value is -4.12. The Labute approximate surface area is 198 Å². The molecule has 0 atom stereocenters. The maximum absolute atomic E-state index is 12.6. The highest BCUT2D eigenvalue weighted by atomic mass is 16.5. The van der Waals surface area contributed by atoms with Crippen LogP contribution in [0.1, 0.15) is 25.3 Å². The molecule has 0 fully saturated rings. The summed E-state index contributed by atoms with van der Waals surface area (Å²) in [6.07, 6.45) is 1.97. The van der Waals surface area contributed by atoms with E-state index in [4.69, 9.17) is 9.72 Å². The second kappa shape index (κ2) is 9.79. The summed E-state index contributed by atoms with van der Waals surface area (Å²) in [5.74, 6) is 0.809. The number of aromatic amines is 1. The monoisotopic (exact) mass is 449 g/mol. The molecule has 0 saturated heterocycles. The number of para-hydroxylation sites is 2. The van der Waals surface area contributed by atoms with E-state index in [2.05, 4.69) is 46.7 Å². The Balaban J connectivity index is 1.32. The van der Waals surface area contributed by atoms with E-state index in [0.717, 1.165) is 52.1 Å². The molecule has 170 valence electrons. The van der Waals surface area contributed by atoms with Crippen LogP contribution in [-0.2, 0) is 11.2 Å². The van der Waals surface area contributed by atoms with Crippen LogP contribution in [0.4, 0.5) is 5.69 Å². The fourth-order valence-electron chi connectivity index (χ4n) is 4.33. The number of pyridine rings is 1. The smallest absolute Gasteiger partial charge is 0.224 e. The highest BCUT2D eigenvalue weighted by Gasteiger charge is 2.15. The van der Waals surface area contributed by atoms with Crippen LogP contribution in [0.3, 0.4) is 0 Å². The third kappa shape index (κ3) is 4.64. The number of aromatic nitrogens is 2. The predicted molar refractivity (Wildman–Crippen MR) is 138 cm³/mol. The van der Waals surface area contributed by atoms with Gasteiger partial charge in [0, 0.05) is 28.4 Å². The van der Waals surface area contributed by atoms with Crippen LogP contribution in [0.15, 0.2) is 84.9 Å². The lowest BCUT2D eigenvalue weighted by molar-refractivity contribution is -0.116. The molecular weight excluding hydrogens is 422 g/mol. The van der Waals surface area contributed by atoms with E-state index in [1.54, 1.807) is 0 Å². The van der Waals surface area contributed by atoms with E-state index >= 15 is 0 Å². The fraction of sp³-hybridized carbons (Fsp3) is 0.172. The van der Waals surface area contributed by atoms with Gasteiger partial charge in [-0.2, -0.15) is 0 Å². The highest BCUT2D eigenvalue weighted by Crippen LogP contribution is 2.31. The summed E-state index contributed by atoms with van der Waals surface area (Å²) in [5, 5.41) is 5.28. The maximum atomic E-state index is 12.6. The Morgan fingerprint density at radius 1 is 0.941 bits per heavy atom. The Morgan fingerprint density at radius 2 is 1.74 bits per heavy atom. The van der Waals surface area contributed by atoms with Crippen LogP contribution in [0.25, 0.3) is 33.2 Å². The van der Waals surface area contributed by atoms with E-state index in [1.165, 1.54) is 10.9 Å². The Bertz CT molecular complexity index is 1440. The molecule has 34 heavy (non-hydrogen) atoms. The van der Waals surface area contributed by atoms with Gasteiger partial charge in [0.05, 0.1) is 23.5 Å². The van der Waals surface area contributed by atoms with Crippen molar-refractivity contribution in [1.82, 2.24) is 9.97 Å². The second-order valence-corrected chi connectivity index (χ2v) is 8.27. The van der Waals surface area contributed by atoms with Crippen molar-refractivity contribution in [2.75, 3.05) is 11.9 Å². The largest absolute Gasteiger partial charge is 0.494 e. The third-order valence-electron chi connectivity index (χ3n) is 5.95. The normalized spacial score (nSPS) is 11.1. The van der Waals surface area contributed by atoms with Crippen molar-refractivity contribution < 1.29 is 9.53 Å². The zero-order valence-electron chi connectivity index (χ0n) is 19.2. The first-order chi connectivity index (χ1) is 16.7. The van der Waals surface area contributed by atoms with E-state index in [0.29, 0.717) is 13.0 Å². The van der Waals surface area contributed by atoms with Crippen molar-refractivity contribution in [2.45, 2.75) is 26.2 Å². The molecule has 5 aromatic rings. The van der Waals surface area contributed by atoms with E-state index < -0.39 is 0 Å². The lowest BCUT2D eigenvalue weighted by Crippen LogP contribution is -2.11. The summed E-state index contributed by atoms with van der Waals surface area (Å²) in [7, 11) is 0. The molecule has 0 aliphatic heterocycles. The summed E-state index contributed by atoms with van der Waals surface area (Å²) in [4.78, 5) is 21.0. The molecular formula is C29H27N3O2. The van der Waals surface area contributed by atoms with Crippen molar-refractivity contribution in [1.29, 1.82) is 0 Å². The van der Waals surface area contributed by atoms with Gasteiger partial charge >= 0.3 is 0 Å². The van der Waals surface area contributed by atoms with E-state index in [9.17, 15) is 4.79 Å². The summed E-state index contributed by atoms with van der Waals surface area (Å²) >= 11 is 0. The molecule has 0 spiro atoms. The van der Waals surface area contributed by atoms with Crippen LogP contribution >= 0.6 is 0 Å². The van der Waals surface area contributed by atoms with Crippen molar-refractivity contribution in [3.63, 3.8) is 0 Å². The molecule has 0 radical (unpaired) electrons. The number of carbonyl (C=O) groups is 1. The van der Waals surface area contributed by atoms with Gasteiger partial charge in [0.2, 0.25) is 5.91 Å². The van der Waals surface area contributed by atoms with Gasteiger partial charge in [0.25, 0.3) is 0 Å². The van der Waals surface area contributed by atoms with Gasteiger partial charge in [0.15, 0.2) is 0 Å². The number of carbonyl (C=O) groups excluding carboxylic acids is 1. The number of rotatable bonds is 8. The summed E-state index contributed by atoms with van der Waals surface area (Å²) in [6, 6.07) is 28.1. The van der Waals surface area contributed by atoms with Crippen molar-refractivity contribution >= 4 is 33.4 Å². The molecule has 0 unspecified atom stereocenters. The summed E-state index contributed by atoms with van der Waals surface area (Å²) in [5.41, 5.74) is 5.98. The first-order valence-electron chi connectivity index (χ1n) is 11.7. The number of nitrogens with one attached hydrogen (secondary N) is 2. The number of amides is 1. The second-order valence-electron chi connectivity index (χ2n) is 8.27. The molecule has 0 aliphatic rings.